The smallest absolute Gasteiger partial charge is 0.329 e. The summed E-state index contributed by atoms with van der Waals surface area (Å²) in [5, 5.41) is 4.05. The van der Waals surface area contributed by atoms with Crippen LogP contribution in [0.25, 0.3) is 0 Å². The molecule has 2 atom stereocenters. The Bertz CT molecular complexity index is 475. The summed E-state index contributed by atoms with van der Waals surface area (Å²) in [6, 6.07) is 3.19. The van der Waals surface area contributed by atoms with Crippen LogP contribution in [0.1, 0.15) is 17.9 Å². The number of carbonyl (C=O) groups is 1. The summed E-state index contributed by atoms with van der Waals surface area (Å²) in [5.41, 5.74) is 0.976. The molecule has 2 aliphatic rings. The number of esters is 1. The van der Waals surface area contributed by atoms with E-state index in [0.29, 0.717) is 15.8 Å². The Hall–Kier alpha value is -0.770. The first kappa shape index (κ1) is 10.4. The zero-order valence-corrected chi connectivity index (χ0v) is 9.81. The summed E-state index contributed by atoms with van der Waals surface area (Å²) in [4.78, 5) is 11.7. The zero-order chi connectivity index (χ0) is 11.3. The van der Waals surface area contributed by atoms with E-state index >= 15 is 0 Å². The lowest BCUT2D eigenvalue weighted by Crippen LogP contribution is -2.40. The molecule has 0 aromatic heterocycles. The minimum Gasteiger partial charge on any atom is -0.425 e. The van der Waals surface area contributed by atoms with Crippen LogP contribution in [0, 0.1) is 0 Å². The van der Waals surface area contributed by atoms with Crippen LogP contribution in [0.2, 0.25) is 10.0 Å². The fourth-order valence-electron chi connectivity index (χ4n) is 2.38. The second-order valence-corrected chi connectivity index (χ2v) is 4.87. The van der Waals surface area contributed by atoms with E-state index in [2.05, 4.69) is 5.32 Å². The molecule has 1 fully saturated rings. The summed E-state index contributed by atoms with van der Waals surface area (Å²) in [5.74, 6) is 0.476. The molecule has 3 rings (SSSR count). The van der Waals surface area contributed by atoms with Crippen molar-refractivity contribution in [3.05, 3.63) is 27.7 Å². The van der Waals surface area contributed by atoms with Gasteiger partial charge in [-0.15, -0.1) is 0 Å². The minimum atomic E-state index is -0.232. The molecule has 0 saturated carbocycles. The van der Waals surface area contributed by atoms with Crippen LogP contribution in [-0.2, 0) is 4.79 Å². The van der Waals surface area contributed by atoms with Crippen molar-refractivity contribution in [2.45, 2.75) is 18.4 Å². The molecule has 2 unspecified atom stereocenters. The number of hydrogen-bond donors (Lipinski definition) is 1. The summed E-state index contributed by atoms with van der Waals surface area (Å²) in [7, 11) is 0. The molecule has 2 aliphatic heterocycles. The highest BCUT2D eigenvalue weighted by atomic mass is 35.5. The molecule has 1 aromatic carbocycles. The molecular weight excluding hydrogens is 249 g/mol. The van der Waals surface area contributed by atoms with Crippen molar-refractivity contribution in [1.82, 2.24) is 5.32 Å². The molecule has 0 spiro atoms. The van der Waals surface area contributed by atoms with Crippen LogP contribution in [0.3, 0.4) is 0 Å². The number of ether oxygens (including phenoxy) is 1. The summed E-state index contributed by atoms with van der Waals surface area (Å²) in [6.45, 7) is 0.824. The third-order valence-electron chi connectivity index (χ3n) is 3.14. The van der Waals surface area contributed by atoms with Gasteiger partial charge in [0.1, 0.15) is 11.8 Å². The molecule has 2 heterocycles. The molecular formula is C11H9Cl2NO2. The van der Waals surface area contributed by atoms with Gasteiger partial charge in [0.05, 0.1) is 10.0 Å². The maximum atomic E-state index is 11.7. The van der Waals surface area contributed by atoms with Gasteiger partial charge in [0.25, 0.3) is 0 Å². The Labute approximate surface area is 103 Å². The zero-order valence-electron chi connectivity index (χ0n) is 8.30. The number of rotatable bonds is 0. The summed E-state index contributed by atoms with van der Waals surface area (Å²) < 4.78 is 5.24. The predicted octanol–water partition coefficient (Wildman–Crippen LogP) is 2.36. The molecule has 0 amide bonds. The van der Waals surface area contributed by atoms with E-state index < -0.39 is 0 Å². The second-order valence-electron chi connectivity index (χ2n) is 4.05. The normalized spacial score (nSPS) is 27.2. The molecule has 0 radical (unpaired) electrons. The van der Waals surface area contributed by atoms with Gasteiger partial charge in [-0.1, -0.05) is 23.2 Å². The Morgan fingerprint density at radius 2 is 2.06 bits per heavy atom. The first-order chi connectivity index (χ1) is 7.66. The van der Waals surface area contributed by atoms with E-state index in [9.17, 15) is 4.79 Å². The Morgan fingerprint density at radius 3 is 2.88 bits per heavy atom. The molecule has 1 aromatic rings. The molecule has 3 nitrogen and oxygen atoms in total. The third-order valence-corrected chi connectivity index (χ3v) is 3.86. The minimum absolute atomic E-state index is 0.158. The van der Waals surface area contributed by atoms with Gasteiger partial charge < -0.3 is 10.1 Å². The number of hydrogen-bond acceptors (Lipinski definition) is 3. The van der Waals surface area contributed by atoms with E-state index in [-0.39, 0.29) is 17.9 Å². The molecule has 84 valence electrons. The fraction of sp³-hybridized carbons (Fsp3) is 0.364. The highest BCUT2D eigenvalue weighted by Gasteiger charge is 2.41. The molecule has 1 saturated heterocycles. The van der Waals surface area contributed by atoms with Gasteiger partial charge in [-0.05, 0) is 19.0 Å². The Balaban J connectivity index is 2.14. The van der Waals surface area contributed by atoms with Crippen molar-refractivity contribution < 1.29 is 9.53 Å². The maximum absolute atomic E-state index is 11.7. The van der Waals surface area contributed by atoms with Crippen LogP contribution in [0.15, 0.2) is 12.1 Å². The number of halogens is 2. The van der Waals surface area contributed by atoms with Gasteiger partial charge >= 0.3 is 5.97 Å². The van der Waals surface area contributed by atoms with E-state index in [0.717, 1.165) is 18.5 Å². The van der Waals surface area contributed by atoms with Crippen LogP contribution >= 0.6 is 23.2 Å². The average molecular weight is 258 g/mol. The topological polar surface area (TPSA) is 38.3 Å². The van der Waals surface area contributed by atoms with Crippen molar-refractivity contribution in [2.24, 2.45) is 0 Å². The Morgan fingerprint density at radius 1 is 1.31 bits per heavy atom. The second kappa shape index (κ2) is 3.62. The first-order valence-corrected chi connectivity index (χ1v) is 5.86. The van der Waals surface area contributed by atoms with Crippen molar-refractivity contribution in [3.63, 3.8) is 0 Å². The van der Waals surface area contributed by atoms with Crippen LogP contribution in [0.4, 0.5) is 0 Å². The average Bonchev–Trinajstić information content (AvgIpc) is 2.71. The van der Waals surface area contributed by atoms with E-state index in [1.807, 2.05) is 0 Å². The molecule has 0 aliphatic carbocycles. The third kappa shape index (κ3) is 1.43. The summed E-state index contributed by atoms with van der Waals surface area (Å²) >= 11 is 11.9. The van der Waals surface area contributed by atoms with E-state index in [1.165, 1.54) is 0 Å². The summed E-state index contributed by atoms with van der Waals surface area (Å²) in [6.07, 6.45) is 0.921. The lowest BCUT2D eigenvalue weighted by Gasteiger charge is -2.26. The van der Waals surface area contributed by atoms with Crippen molar-refractivity contribution >= 4 is 29.2 Å². The monoisotopic (exact) mass is 257 g/mol. The van der Waals surface area contributed by atoms with Gasteiger partial charge in [-0.2, -0.15) is 0 Å². The lowest BCUT2D eigenvalue weighted by molar-refractivity contribution is -0.137. The Kier molecular flexibility index (Phi) is 2.35. The molecule has 16 heavy (non-hydrogen) atoms. The van der Waals surface area contributed by atoms with Gasteiger partial charge in [0.2, 0.25) is 0 Å². The highest BCUT2D eigenvalue weighted by molar-refractivity contribution is 6.42. The molecule has 5 heteroatoms. The number of fused-ring (bicyclic) bond motifs is 3. The van der Waals surface area contributed by atoms with E-state index in [4.69, 9.17) is 27.9 Å². The van der Waals surface area contributed by atoms with Crippen molar-refractivity contribution in [1.29, 1.82) is 0 Å². The molecule has 1 N–H and O–H groups in total. The largest absolute Gasteiger partial charge is 0.425 e. The van der Waals surface area contributed by atoms with Crippen molar-refractivity contribution in [3.8, 4) is 5.75 Å². The number of benzene rings is 1. The van der Waals surface area contributed by atoms with Crippen LogP contribution in [0.5, 0.6) is 5.75 Å². The van der Waals surface area contributed by atoms with E-state index in [1.54, 1.807) is 12.1 Å². The van der Waals surface area contributed by atoms with Crippen LogP contribution < -0.4 is 10.1 Å². The fourth-order valence-corrected chi connectivity index (χ4v) is 2.71. The van der Waals surface area contributed by atoms with Crippen molar-refractivity contribution in [2.75, 3.05) is 6.54 Å². The van der Waals surface area contributed by atoms with Gasteiger partial charge in [-0.3, -0.25) is 0 Å². The molecule has 0 bridgehead atoms. The SMILES string of the molecule is O=C1Oc2cc(Cl)c(Cl)cc2C2CCNC12. The number of carbonyl (C=O) groups excluding carboxylic acids is 1. The van der Waals surface area contributed by atoms with Gasteiger partial charge in [0.15, 0.2) is 0 Å². The predicted molar refractivity (Wildman–Crippen MR) is 61.2 cm³/mol. The lowest BCUT2D eigenvalue weighted by atomic mass is 9.89. The van der Waals surface area contributed by atoms with Crippen LogP contribution in [-0.4, -0.2) is 18.6 Å². The van der Waals surface area contributed by atoms with Gasteiger partial charge in [0, 0.05) is 17.5 Å². The standard InChI is InChI=1S/C11H9Cl2NO2/c12-7-3-6-5-1-2-14-10(5)11(15)16-9(6)4-8(7)13/h3-5,10,14H,1-2H2. The quantitative estimate of drug-likeness (QED) is 0.573. The van der Waals surface area contributed by atoms with Gasteiger partial charge in [-0.25, -0.2) is 4.79 Å². The number of nitrogens with one attached hydrogen (secondary N) is 1. The maximum Gasteiger partial charge on any atom is 0.329 e. The highest BCUT2D eigenvalue weighted by Crippen LogP contribution is 2.42. The first-order valence-electron chi connectivity index (χ1n) is 5.11.